The summed E-state index contributed by atoms with van der Waals surface area (Å²) >= 11 is 6.15. The fourth-order valence-electron chi connectivity index (χ4n) is 2.78. The molecule has 2 heterocycles. The largest absolute Gasteiger partial charge is 0.219 e. The predicted molar refractivity (Wildman–Crippen MR) is 66.2 cm³/mol. The number of hydrogen-bond acceptors (Lipinski definition) is 2. The SMILES string of the molecule is CC(C)(C)S(=O)(=O)N1C2CCC1CC(Cl)C2. The third-order valence-electron chi connectivity index (χ3n) is 3.66. The van der Waals surface area contributed by atoms with Crippen LogP contribution in [0, 0.1) is 0 Å². The second kappa shape index (κ2) is 3.85. The topological polar surface area (TPSA) is 37.4 Å². The molecule has 0 N–H and O–H groups in total. The zero-order valence-electron chi connectivity index (χ0n) is 10.1. The normalized spacial score (nSPS) is 36.6. The minimum Gasteiger partial charge on any atom is -0.212 e. The molecule has 16 heavy (non-hydrogen) atoms. The van der Waals surface area contributed by atoms with Crippen LogP contribution in [0.1, 0.15) is 46.5 Å². The molecule has 2 rings (SSSR count). The molecule has 2 unspecified atom stereocenters. The highest BCUT2D eigenvalue weighted by molar-refractivity contribution is 7.90. The molecule has 2 saturated heterocycles. The van der Waals surface area contributed by atoms with Crippen LogP contribution in [0.2, 0.25) is 0 Å². The Bertz CT molecular complexity index is 360. The number of piperidine rings is 1. The zero-order valence-corrected chi connectivity index (χ0v) is 11.7. The first-order valence-corrected chi connectivity index (χ1v) is 7.78. The molecule has 0 aromatic carbocycles. The van der Waals surface area contributed by atoms with Gasteiger partial charge in [-0.3, -0.25) is 0 Å². The van der Waals surface area contributed by atoms with Gasteiger partial charge in [0, 0.05) is 17.5 Å². The Hall–Kier alpha value is 0.200. The van der Waals surface area contributed by atoms with Gasteiger partial charge in [0.2, 0.25) is 10.0 Å². The van der Waals surface area contributed by atoms with Crippen LogP contribution in [0.5, 0.6) is 0 Å². The van der Waals surface area contributed by atoms with Crippen molar-refractivity contribution in [2.75, 3.05) is 0 Å². The molecule has 2 bridgehead atoms. The lowest BCUT2D eigenvalue weighted by Gasteiger charge is -2.39. The van der Waals surface area contributed by atoms with E-state index >= 15 is 0 Å². The quantitative estimate of drug-likeness (QED) is 0.683. The van der Waals surface area contributed by atoms with Gasteiger partial charge in [-0.1, -0.05) is 0 Å². The highest BCUT2D eigenvalue weighted by Gasteiger charge is 2.49. The van der Waals surface area contributed by atoms with Gasteiger partial charge < -0.3 is 0 Å². The molecule has 3 nitrogen and oxygen atoms in total. The maximum atomic E-state index is 12.5. The van der Waals surface area contributed by atoms with Gasteiger partial charge in [-0.2, -0.15) is 4.31 Å². The Morgan fingerprint density at radius 3 is 1.94 bits per heavy atom. The fourth-order valence-corrected chi connectivity index (χ4v) is 4.99. The van der Waals surface area contributed by atoms with E-state index in [0.717, 1.165) is 25.7 Å². The third-order valence-corrected chi connectivity index (χ3v) is 6.72. The average Bonchev–Trinajstić information content (AvgIpc) is 2.37. The Labute approximate surface area is 103 Å². The summed E-state index contributed by atoms with van der Waals surface area (Å²) in [4.78, 5) is 0. The van der Waals surface area contributed by atoms with Crippen LogP contribution in [0.4, 0.5) is 0 Å². The molecule has 5 heteroatoms. The first-order chi connectivity index (χ1) is 7.23. The van der Waals surface area contributed by atoms with E-state index in [1.807, 2.05) is 0 Å². The first-order valence-electron chi connectivity index (χ1n) is 5.90. The molecule has 2 aliphatic heterocycles. The smallest absolute Gasteiger partial charge is 0.212 e. The molecule has 2 aliphatic rings. The molecule has 2 atom stereocenters. The van der Waals surface area contributed by atoms with Crippen LogP contribution in [0.15, 0.2) is 0 Å². The number of fused-ring (bicyclic) bond motifs is 2. The van der Waals surface area contributed by atoms with Crippen molar-refractivity contribution in [2.24, 2.45) is 0 Å². The van der Waals surface area contributed by atoms with Gasteiger partial charge in [0.1, 0.15) is 0 Å². The van der Waals surface area contributed by atoms with E-state index in [1.54, 1.807) is 25.1 Å². The number of hydrogen-bond donors (Lipinski definition) is 0. The van der Waals surface area contributed by atoms with Gasteiger partial charge in [0.05, 0.1) is 4.75 Å². The molecule has 0 saturated carbocycles. The van der Waals surface area contributed by atoms with Crippen molar-refractivity contribution in [1.82, 2.24) is 4.31 Å². The fraction of sp³-hybridized carbons (Fsp3) is 1.00. The maximum Gasteiger partial charge on any atom is 0.219 e. The Kier molecular flexibility index (Phi) is 3.05. The molecule has 0 radical (unpaired) electrons. The van der Waals surface area contributed by atoms with Gasteiger partial charge >= 0.3 is 0 Å². The molecule has 0 amide bonds. The predicted octanol–water partition coefficient (Wildman–Crippen LogP) is 2.35. The van der Waals surface area contributed by atoms with Crippen LogP contribution < -0.4 is 0 Å². The van der Waals surface area contributed by atoms with Crippen molar-refractivity contribution < 1.29 is 8.42 Å². The molecule has 0 aromatic heterocycles. The van der Waals surface area contributed by atoms with Crippen LogP contribution >= 0.6 is 11.6 Å². The molecule has 0 aromatic rings. The van der Waals surface area contributed by atoms with E-state index < -0.39 is 14.8 Å². The molecule has 0 spiro atoms. The lowest BCUT2D eigenvalue weighted by molar-refractivity contribution is 0.245. The number of alkyl halides is 1. The van der Waals surface area contributed by atoms with E-state index in [1.165, 1.54) is 0 Å². The number of nitrogens with zero attached hydrogens (tertiary/aromatic N) is 1. The molecule has 0 aliphatic carbocycles. The van der Waals surface area contributed by atoms with Gasteiger partial charge in [-0.25, -0.2) is 8.42 Å². The third kappa shape index (κ3) is 1.89. The summed E-state index contributed by atoms with van der Waals surface area (Å²) in [6.45, 7) is 5.32. The summed E-state index contributed by atoms with van der Waals surface area (Å²) in [7, 11) is -3.18. The second-order valence-corrected chi connectivity index (χ2v) is 9.11. The minimum absolute atomic E-state index is 0.144. The summed E-state index contributed by atoms with van der Waals surface area (Å²) < 4.78 is 26.0. The summed E-state index contributed by atoms with van der Waals surface area (Å²) in [6.07, 6.45) is 3.58. The monoisotopic (exact) mass is 265 g/mol. The van der Waals surface area contributed by atoms with Crippen LogP contribution in [-0.4, -0.2) is 34.9 Å². The van der Waals surface area contributed by atoms with Crippen molar-refractivity contribution >= 4 is 21.6 Å². The van der Waals surface area contributed by atoms with Crippen molar-refractivity contribution in [3.8, 4) is 0 Å². The maximum absolute atomic E-state index is 12.5. The highest BCUT2D eigenvalue weighted by atomic mass is 35.5. The number of halogens is 1. The van der Waals surface area contributed by atoms with Crippen molar-refractivity contribution in [2.45, 2.75) is 68.7 Å². The summed E-state index contributed by atoms with van der Waals surface area (Å²) in [5, 5.41) is 0.156. The van der Waals surface area contributed by atoms with Crippen LogP contribution in [0.25, 0.3) is 0 Å². The van der Waals surface area contributed by atoms with Gasteiger partial charge in [-0.15, -0.1) is 11.6 Å². The van der Waals surface area contributed by atoms with E-state index in [4.69, 9.17) is 11.6 Å². The molecular formula is C11H20ClNO2S. The molecule has 2 fully saturated rings. The van der Waals surface area contributed by atoms with E-state index in [2.05, 4.69) is 0 Å². The molecule has 94 valence electrons. The van der Waals surface area contributed by atoms with Gasteiger partial charge in [0.25, 0.3) is 0 Å². The highest BCUT2D eigenvalue weighted by Crippen LogP contribution is 2.42. The zero-order chi connectivity index (χ0) is 12.1. The Morgan fingerprint density at radius 1 is 1.12 bits per heavy atom. The summed E-state index contributed by atoms with van der Waals surface area (Å²) in [5.74, 6) is 0. The Morgan fingerprint density at radius 2 is 1.56 bits per heavy atom. The van der Waals surface area contributed by atoms with Crippen molar-refractivity contribution in [3.63, 3.8) is 0 Å². The average molecular weight is 266 g/mol. The van der Waals surface area contributed by atoms with E-state index in [-0.39, 0.29) is 17.5 Å². The molecular weight excluding hydrogens is 246 g/mol. The van der Waals surface area contributed by atoms with Crippen molar-refractivity contribution in [1.29, 1.82) is 0 Å². The number of rotatable bonds is 1. The Balaban J connectivity index is 2.31. The van der Waals surface area contributed by atoms with E-state index in [0.29, 0.717) is 0 Å². The standard InChI is InChI=1S/C11H20ClNO2S/c1-11(2,3)16(14,15)13-9-4-5-10(13)7-8(12)6-9/h8-10H,4-7H2,1-3H3. The summed E-state index contributed by atoms with van der Waals surface area (Å²) in [6, 6.07) is 0.288. The van der Waals surface area contributed by atoms with Crippen LogP contribution in [0.3, 0.4) is 0 Å². The van der Waals surface area contributed by atoms with Gasteiger partial charge in [0.15, 0.2) is 0 Å². The van der Waals surface area contributed by atoms with Crippen LogP contribution in [-0.2, 0) is 10.0 Å². The van der Waals surface area contributed by atoms with Gasteiger partial charge in [-0.05, 0) is 46.5 Å². The van der Waals surface area contributed by atoms with E-state index in [9.17, 15) is 8.42 Å². The second-order valence-electron chi connectivity index (χ2n) is 5.90. The first kappa shape index (κ1) is 12.7. The summed E-state index contributed by atoms with van der Waals surface area (Å²) in [5.41, 5.74) is 0. The number of sulfonamides is 1. The van der Waals surface area contributed by atoms with Crippen molar-refractivity contribution in [3.05, 3.63) is 0 Å². The lowest BCUT2D eigenvalue weighted by Crippen LogP contribution is -2.52. The minimum atomic E-state index is -3.18. The lowest BCUT2D eigenvalue weighted by atomic mass is 10.1.